The van der Waals surface area contributed by atoms with Crippen molar-refractivity contribution < 1.29 is 17.2 Å². The van der Waals surface area contributed by atoms with Crippen molar-refractivity contribution >= 4 is 21.4 Å². The fourth-order valence-electron chi connectivity index (χ4n) is 1.68. The van der Waals surface area contributed by atoms with Crippen molar-refractivity contribution in [3.63, 3.8) is 0 Å². The van der Waals surface area contributed by atoms with Crippen LogP contribution in [-0.2, 0) is 23.1 Å². The highest BCUT2D eigenvalue weighted by molar-refractivity contribution is 7.89. The number of sulfonamides is 1. The smallest absolute Gasteiger partial charge is 0.241 e. The Kier molecular flexibility index (Phi) is 5.04. The van der Waals surface area contributed by atoms with Crippen molar-refractivity contribution in [1.29, 1.82) is 0 Å². The summed E-state index contributed by atoms with van der Waals surface area (Å²) in [5.74, 6) is -1.96. The van der Waals surface area contributed by atoms with E-state index in [0.29, 0.717) is 12.1 Å². The van der Waals surface area contributed by atoms with Crippen LogP contribution in [0.3, 0.4) is 0 Å². The Morgan fingerprint density at radius 1 is 1.14 bits per heavy atom. The summed E-state index contributed by atoms with van der Waals surface area (Å²) in [5.41, 5.74) is 0.350. The van der Waals surface area contributed by atoms with Gasteiger partial charge in [-0.1, -0.05) is 6.07 Å². The lowest BCUT2D eigenvalue weighted by Crippen LogP contribution is -2.22. The van der Waals surface area contributed by atoms with Gasteiger partial charge in [0.1, 0.15) is 0 Å². The summed E-state index contributed by atoms with van der Waals surface area (Å²) < 4.78 is 52.4. The third-order valence-electron chi connectivity index (χ3n) is 2.74. The van der Waals surface area contributed by atoms with Gasteiger partial charge >= 0.3 is 0 Å². The minimum Gasteiger partial charge on any atom is -0.315 e. The lowest BCUT2D eigenvalue weighted by molar-refractivity contribution is 0.506. The molecule has 21 heavy (non-hydrogen) atoms. The highest BCUT2D eigenvalue weighted by Gasteiger charge is 2.16. The van der Waals surface area contributed by atoms with Gasteiger partial charge in [-0.05, 0) is 30.8 Å². The molecule has 0 aliphatic heterocycles. The van der Waals surface area contributed by atoms with Crippen LogP contribution in [0.1, 0.15) is 10.4 Å². The maximum atomic E-state index is 13.1. The van der Waals surface area contributed by atoms with Gasteiger partial charge in [-0.15, -0.1) is 11.3 Å². The molecule has 1 aromatic carbocycles. The molecule has 2 aromatic rings. The zero-order valence-corrected chi connectivity index (χ0v) is 12.8. The van der Waals surface area contributed by atoms with Crippen LogP contribution >= 0.6 is 11.3 Å². The Hall–Kier alpha value is -1.35. The summed E-state index contributed by atoms with van der Waals surface area (Å²) in [5, 5.41) is 4.48. The van der Waals surface area contributed by atoms with Crippen LogP contribution in [0.5, 0.6) is 0 Å². The lowest BCUT2D eigenvalue weighted by atomic mass is 10.2. The van der Waals surface area contributed by atoms with E-state index >= 15 is 0 Å². The monoisotopic (exact) mass is 332 g/mol. The molecule has 0 spiro atoms. The molecule has 0 unspecified atom stereocenters. The molecular formula is C13H14F2N2O2S2. The van der Waals surface area contributed by atoms with Crippen LogP contribution in [0.2, 0.25) is 0 Å². The van der Waals surface area contributed by atoms with Crippen LogP contribution in [0, 0.1) is 11.6 Å². The first-order valence-corrected chi connectivity index (χ1v) is 8.44. The second-order valence-corrected chi connectivity index (χ2v) is 7.11. The largest absolute Gasteiger partial charge is 0.315 e. The van der Waals surface area contributed by atoms with E-state index in [1.807, 2.05) is 0 Å². The first-order chi connectivity index (χ1) is 9.92. The molecule has 2 N–H and O–H groups in total. The summed E-state index contributed by atoms with van der Waals surface area (Å²) in [6, 6.07) is 4.85. The second-order valence-electron chi connectivity index (χ2n) is 4.35. The normalized spacial score (nSPS) is 11.8. The van der Waals surface area contributed by atoms with E-state index in [1.165, 1.54) is 17.4 Å². The minimum absolute atomic E-state index is 0.100. The molecule has 2 rings (SSSR count). The van der Waals surface area contributed by atoms with Gasteiger partial charge in [0, 0.05) is 23.3 Å². The number of halogens is 2. The third-order valence-corrected chi connectivity index (χ3v) is 5.21. The number of nitrogens with one attached hydrogen (secondary N) is 2. The van der Waals surface area contributed by atoms with Crippen LogP contribution < -0.4 is 10.0 Å². The Morgan fingerprint density at radius 3 is 2.57 bits per heavy atom. The molecule has 8 heteroatoms. The van der Waals surface area contributed by atoms with Crippen LogP contribution in [-0.4, -0.2) is 15.5 Å². The van der Waals surface area contributed by atoms with Crippen molar-refractivity contribution in [2.75, 3.05) is 7.05 Å². The molecule has 0 aliphatic rings. The van der Waals surface area contributed by atoms with Gasteiger partial charge in [0.05, 0.1) is 4.90 Å². The Morgan fingerprint density at radius 2 is 1.90 bits per heavy atom. The van der Waals surface area contributed by atoms with E-state index in [4.69, 9.17) is 0 Å². The molecule has 1 aromatic heterocycles. The first kappa shape index (κ1) is 16.0. The fourth-order valence-corrected chi connectivity index (χ4v) is 3.98. The average Bonchev–Trinajstić information content (AvgIpc) is 2.90. The summed E-state index contributed by atoms with van der Waals surface area (Å²) >= 11 is 1.34. The van der Waals surface area contributed by atoms with Crippen molar-refractivity contribution in [2.24, 2.45) is 0 Å². The maximum absolute atomic E-state index is 13.1. The standard InChI is InChI=1S/C13H14F2N2O2S2/c1-16-7-10-5-11(8-20-10)21(18,19)17-6-9-2-3-12(14)13(15)4-9/h2-5,8,16-17H,6-7H2,1H3. The van der Waals surface area contributed by atoms with E-state index in [1.54, 1.807) is 18.5 Å². The van der Waals surface area contributed by atoms with Crippen molar-refractivity contribution in [1.82, 2.24) is 10.0 Å². The molecule has 0 aliphatic carbocycles. The number of thiophene rings is 1. The van der Waals surface area contributed by atoms with Gasteiger partial charge in [0.25, 0.3) is 0 Å². The zero-order valence-electron chi connectivity index (χ0n) is 11.2. The lowest BCUT2D eigenvalue weighted by Gasteiger charge is -2.05. The van der Waals surface area contributed by atoms with E-state index in [2.05, 4.69) is 10.0 Å². The highest BCUT2D eigenvalue weighted by Crippen LogP contribution is 2.19. The molecule has 0 fully saturated rings. The second kappa shape index (κ2) is 6.61. The summed E-state index contributed by atoms with van der Waals surface area (Å²) in [6.45, 7) is 0.486. The number of benzene rings is 1. The maximum Gasteiger partial charge on any atom is 0.241 e. The van der Waals surface area contributed by atoms with Gasteiger partial charge in [0.2, 0.25) is 10.0 Å². The van der Waals surface area contributed by atoms with Gasteiger partial charge in [0.15, 0.2) is 11.6 Å². The van der Waals surface area contributed by atoms with E-state index in [9.17, 15) is 17.2 Å². The zero-order chi connectivity index (χ0) is 15.5. The van der Waals surface area contributed by atoms with E-state index < -0.39 is 21.7 Å². The number of rotatable bonds is 6. The molecule has 0 bridgehead atoms. The quantitative estimate of drug-likeness (QED) is 0.853. The van der Waals surface area contributed by atoms with Gasteiger partial charge < -0.3 is 5.32 Å². The van der Waals surface area contributed by atoms with E-state index in [-0.39, 0.29) is 11.4 Å². The topological polar surface area (TPSA) is 58.2 Å². The molecule has 0 atom stereocenters. The molecule has 0 amide bonds. The van der Waals surface area contributed by atoms with Crippen molar-refractivity contribution in [3.05, 3.63) is 51.7 Å². The molecule has 4 nitrogen and oxygen atoms in total. The van der Waals surface area contributed by atoms with Gasteiger partial charge in [-0.3, -0.25) is 0 Å². The Labute approximate surface area is 125 Å². The third kappa shape index (κ3) is 4.07. The van der Waals surface area contributed by atoms with Gasteiger partial charge in [-0.25, -0.2) is 21.9 Å². The first-order valence-electron chi connectivity index (χ1n) is 6.08. The Balaban J connectivity index is 2.08. The molecule has 1 heterocycles. The van der Waals surface area contributed by atoms with E-state index in [0.717, 1.165) is 17.0 Å². The molecule has 0 saturated carbocycles. The Bertz CT molecular complexity index is 730. The van der Waals surface area contributed by atoms with Crippen molar-refractivity contribution in [3.8, 4) is 0 Å². The SMILES string of the molecule is CNCc1cc(S(=O)(=O)NCc2ccc(F)c(F)c2)cs1. The van der Waals surface area contributed by atoms with Gasteiger partial charge in [-0.2, -0.15) is 0 Å². The summed E-state index contributed by atoms with van der Waals surface area (Å²) in [4.78, 5) is 1.06. The van der Waals surface area contributed by atoms with Crippen molar-refractivity contribution in [2.45, 2.75) is 18.0 Å². The predicted molar refractivity (Wildman–Crippen MR) is 77.5 cm³/mol. The molecule has 114 valence electrons. The molecule has 0 radical (unpaired) electrons. The molecule has 0 saturated heterocycles. The van der Waals surface area contributed by atoms with Crippen LogP contribution in [0.15, 0.2) is 34.5 Å². The average molecular weight is 332 g/mol. The summed E-state index contributed by atoms with van der Waals surface area (Å²) in [7, 11) is -1.89. The fraction of sp³-hybridized carbons (Fsp3) is 0.231. The predicted octanol–water partition coefficient (Wildman–Crippen LogP) is 2.22. The number of hydrogen-bond donors (Lipinski definition) is 2. The highest BCUT2D eigenvalue weighted by atomic mass is 32.2. The van der Waals surface area contributed by atoms with Crippen LogP contribution in [0.25, 0.3) is 0 Å². The van der Waals surface area contributed by atoms with Crippen LogP contribution in [0.4, 0.5) is 8.78 Å². The number of hydrogen-bond acceptors (Lipinski definition) is 4. The molecular weight excluding hydrogens is 318 g/mol. The summed E-state index contributed by atoms with van der Waals surface area (Å²) in [6.07, 6.45) is 0. The minimum atomic E-state index is -3.66.